The van der Waals surface area contributed by atoms with Gasteiger partial charge in [-0.05, 0) is 60.3 Å². The van der Waals surface area contributed by atoms with Gasteiger partial charge in [-0.1, -0.05) is 84.6 Å². The van der Waals surface area contributed by atoms with E-state index < -0.39 is 12.0 Å². The van der Waals surface area contributed by atoms with Gasteiger partial charge in [0, 0.05) is 27.7 Å². The average molecular weight is 625 g/mol. The number of esters is 1. The van der Waals surface area contributed by atoms with Gasteiger partial charge in [0.1, 0.15) is 0 Å². The van der Waals surface area contributed by atoms with Crippen LogP contribution >= 0.6 is 23.2 Å². The number of hydrogen-bond donors (Lipinski definition) is 2. The van der Waals surface area contributed by atoms with Gasteiger partial charge in [0.15, 0.2) is 0 Å². The topological polar surface area (TPSA) is 97.0 Å². The van der Waals surface area contributed by atoms with Crippen LogP contribution in [0.5, 0.6) is 0 Å². The number of ether oxygens (including phenoxy) is 1. The van der Waals surface area contributed by atoms with Crippen LogP contribution in [0.25, 0.3) is 0 Å². The monoisotopic (exact) mass is 623 g/mol. The molecule has 3 aromatic rings. The second kappa shape index (κ2) is 13.9. The van der Waals surface area contributed by atoms with E-state index in [0.717, 1.165) is 36.8 Å². The van der Waals surface area contributed by atoms with Crippen molar-refractivity contribution in [1.29, 1.82) is 0 Å². The van der Waals surface area contributed by atoms with E-state index in [9.17, 15) is 14.4 Å². The van der Waals surface area contributed by atoms with Crippen LogP contribution in [0.2, 0.25) is 10.0 Å². The third kappa shape index (κ3) is 6.73. The standard InChI is InChI=1S/C33H35Cl2N3O5/c1-36-27-9-5-6-10-28(27)38-31(25-16-15-22(34)18-26(25)35)30(23-7-3-4-8-24(23)33(38)41)32(40)37-43-19-21-13-11-20(12-14-21)17-29(39)42-2/h3-4,7-8,11-16,18,27-28,30-31,36H,5-6,9-10,17,19H2,1-2H3,(H,37,40)/t27-,28-,30+,31-/m0/s1. The van der Waals surface area contributed by atoms with E-state index in [2.05, 4.69) is 10.8 Å². The van der Waals surface area contributed by atoms with E-state index in [1.807, 2.05) is 54.4 Å². The fourth-order valence-electron chi connectivity index (χ4n) is 6.30. The summed E-state index contributed by atoms with van der Waals surface area (Å²) in [6, 6.07) is 19.0. The molecule has 1 saturated carbocycles. The van der Waals surface area contributed by atoms with Gasteiger partial charge in [0.25, 0.3) is 11.8 Å². The van der Waals surface area contributed by atoms with Crippen molar-refractivity contribution in [1.82, 2.24) is 15.7 Å². The van der Waals surface area contributed by atoms with Crippen LogP contribution in [0.15, 0.2) is 66.7 Å². The molecule has 0 radical (unpaired) electrons. The summed E-state index contributed by atoms with van der Waals surface area (Å²) in [6.07, 6.45) is 3.95. The molecule has 0 saturated heterocycles. The highest BCUT2D eigenvalue weighted by molar-refractivity contribution is 6.35. The zero-order valence-electron chi connectivity index (χ0n) is 24.1. The smallest absolute Gasteiger partial charge is 0.309 e. The first-order valence-corrected chi connectivity index (χ1v) is 15.2. The highest BCUT2D eigenvalue weighted by Gasteiger charge is 2.49. The fourth-order valence-corrected chi connectivity index (χ4v) is 6.82. The van der Waals surface area contributed by atoms with Crippen LogP contribution in [0, 0.1) is 0 Å². The Hall–Kier alpha value is -3.43. The summed E-state index contributed by atoms with van der Waals surface area (Å²) in [5, 5.41) is 4.26. The predicted octanol–water partition coefficient (Wildman–Crippen LogP) is 5.77. The third-order valence-corrected chi connectivity index (χ3v) is 8.97. The third-order valence-electron chi connectivity index (χ3n) is 8.41. The minimum Gasteiger partial charge on any atom is -0.469 e. The number of benzene rings is 3. The molecule has 0 aromatic heterocycles. The van der Waals surface area contributed by atoms with Crippen LogP contribution in [0.3, 0.4) is 0 Å². The summed E-state index contributed by atoms with van der Waals surface area (Å²) in [7, 11) is 3.27. The molecule has 0 unspecified atom stereocenters. The van der Waals surface area contributed by atoms with Crippen molar-refractivity contribution in [2.45, 2.75) is 62.8 Å². The highest BCUT2D eigenvalue weighted by atomic mass is 35.5. The molecule has 5 rings (SSSR count). The molecule has 2 aliphatic rings. The van der Waals surface area contributed by atoms with Gasteiger partial charge in [-0.3, -0.25) is 19.2 Å². The number of carbonyl (C=O) groups is 3. The molecule has 4 atom stereocenters. The van der Waals surface area contributed by atoms with Gasteiger partial charge in [-0.2, -0.15) is 0 Å². The fraction of sp³-hybridized carbons (Fsp3) is 0.364. The summed E-state index contributed by atoms with van der Waals surface area (Å²) in [4.78, 5) is 47.5. The maximum absolute atomic E-state index is 14.3. The molecule has 2 N–H and O–H groups in total. The van der Waals surface area contributed by atoms with Crippen molar-refractivity contribution in [3.05, 3.63) is 105 Å². The van der Waals surface area contributed by atoms with E-state index in [-0.39, 0.29) is 42.9 Å². The summed E-state index contributed by atoms with van der Waals surface area (Å²) < 4.78 is 4.72. The molecule has 3 aromatic carbocycles. The van der Waals surface area contributed by atoms with Crippen molar-refractivity contribution in [3.8, 4) is 0 Å². The lowest BCUT2D eigenvalue weighted by Crippen LogP contribution is -2.58. The molecule has 1 aliphatic heterocycles. The molecule has 1 fully saturated rings. The molecular formula is C33H35Cl2N3O5. The Morgan fingerprint density at radius 2 is 1.67 bits per heavy atom. The quantitative estimate of drug-likeness (QED) is 0.232. The van der Waals surface area contributed by atoms with Crippen LogP contribution in [0.4, 0.5) is 0 Å². The van der Waals surface area contributed by atoms with Crippen molar-refractivity contribution < 1.29 is 24.0 Å². The molecule has 10 heteroatoms. The number of likely N-dealkylation sites (N-methyl/N-ethyl adjacent to an activating group) is 1. The maximum Gasteiger partial charge on any atom is 0.309 e. The first-order valence-electron chi connectivity index (χ1n) is 14.4. The van der Waals surface area contributed by atoms with Crippen LogP contribution in [0.1, 0.15) is 70.3 Å². The van der Waals surface area contributed by atoms with Gasteiger partial charge < -0.3 is 15.0 Å². The minimum atomic E-state index is -0.797. The van der Waals surface area contributed by atoms with Crippen LogP contribution < -0.4 is 10.8 Å². The second-order valence-corrected chi connectivity index (χ2v) is 11.8. The molecule has 1 heterocycles. The Morgan fingerprint density at radius 3 is 2.40 bits per heavy atom. The van der Waals surface area contributed by atoms with Gasteiger partial charge in [0.05, 0.1) is 32.1 Å². The number of hydroxylamine groups is 1. The van der Waals surface area contributed by atoms with E-state index in [4.69, 9.17) is 32.8 Å². The van der Waals surface area contributed by atoms with Crippen LogP contribution in [-0.2, 0) is 32.2 Å². The number of fused-ring (bicyclic) bond motifs is 1. The first kappa shape index (κ1) is 31.0. The number of carbonyl (C=O) groups excluding carboxylic acids is 3. The number of hydrogen-bond acceptors (Lipinski definition) is 6. The summed E-state index contributed by atoms with van der Waals surface area (Å²) >= 11 is 13.1. The normalized spacial score (nSPS) is 21.7. The SMILES string of the molecule is CN[C@H]1CCCC[C@@H]1N1C(=O)c2ccccc2[C@@H](C(=O)NOCc2ccc(CC(=O)OC)cc2)[C@@H]1c1ccc(Cl)cc1Cl. The molecule has 2 amide bonds. The number of halogens is 2. The first-order chi connectivity index (χ1) is 20.8. The van der Waals surface area contributed by atoms with Crippen LogP contribution in [-0.4, -0.2) is 48.9 Å². The number of rotatable bonds is 9. The molecule has 0 spiro atoms. The Bertz CT molecular complexity index is 1480. The Labute approximate surface area is 261 Å². The summed E-state index contributed by atoms with van der Waals surface area (Å²) in [5.74, 6) is -1.63. The Balaban J connectivity index is 1.47. The zero-order valence-corrected chi connectivity index (χ0v) is 25.7. The molecule has 226 valence electrons. The van der Waals surface area contributed by atoms with Gasteiger partial charge in [-0.25, -0.2) is 5.48 Å². The van der Waals surface area contributed by atoms with Crippen molar-refractivity contribution in [3.63, 3.8) is 0 Å². The summed E-state index contributed by atoms with van der Waals surface area (Å²) in [5.41, 5.74) is 6.04. The van der Waals surface area contributed by atoms with Crippen molar-refractivity contribution >= 4 is 41.0 Å². The number of amides is 2. The van der Waals surface area contributed by atoms with E-state index >= 15 is 0 Å². The number of nitrogens with one attached hydrogen (secondary N) is 2. The Morgan fingerprint density at radius 1 is 0.953 bits per heavy atom. The van der Waals surface area contributed by atoms with Crippen molar-refractivity contribution in [2.75, 3.05) is 14.2 Å². The van der Waals surface area contributed by atoms with E-state index in [1.165, 1.54) is 7.11 Å². The van der Waals surface area contributed by atoms with E-state index in [1.54, 1.807) is 24.3 Å². The van der Waals surface area contributed by atoms with Gasteiger partial charge in [-0.15, -0.1) is 0 Å². The second-order valence-electron chi connectivity index (χ2n) is 11.0. The van der Waals surface area contributed by atoms with E-state index in [0.29, 0.717) is 26.7 Å². The molecule has 1 aliphatic carbocycles. The average Bonchev–Trinajstić information content (AvgIpc) is 3.02. The lowest BCUT2D eigenvalue weighted by molar-refractivity contribution is -0.140. The summed E-state index contributed by atoms with van der Waals surface area (Å²) in [6.45, 7) is 0.109. The molecular weight excluding hydrogens is 589 g/mol. The van der Waals surface area contributed by atoms with Gasteiger partial charge in [0.2, 0.25) is 0 Å². The number of methoxy groups -OCH3 is 1. The predicted molar refractivity (Wildman–Crippen MR) is 165 cm³/mol. The Kier molecular flexibility index (Phi) is 10.0. The molecule has 43 heavy (non-hydrogen) atoms. The molecule has 8 nitrogen and oxygen atoms in total. The highest BCUT2D eigenvalue weighted by Crippen LogP contribution is 2.47. The van der Waals surface area contributed by atoms with Gasteiger partial charge >= 0.3 is 5.97 Å². The lowest BCUT2D eigenvalue weighted by Gasteiger charge is -2.49. The van der Waals surface area contributed by atoms with Crippen molar-refractivity contribution in [2.24, 2.45) is 0 Å². The largest absolute Gasteiger partial charge is 0.469 e. The number of nitrogens with zero attached hydrogens (tertiary/aromatic N) is 1. The molecule has 0 bridgehead atoms. The zero-order chi connectivity index (χ0) is 30.5. The lowest BCUT2D eigenvalue weighted by atomic mass is 9.76. The maximum atomic E-state index is 14.3. The minimum absolute atomic E-state index is 0.0682.